The monoisotopic (exact) mass is 330 g/mol. The molecule has 1 unspecified atom stereocenters. The van der Waals surface area contributed by atoms with E-state index in [1.165, 1.54) is 38.8 Å². The number of hydrogen-bond donors (Lipinski definition) is 1. The van der Waals surface area contributed by atoms with E-state index in [1.807, 2.05) is 12.1 Å². The molecule has 1 atom stereocenters. The number of nitrogens with one attached hydrogen (secondary N) is 1. The van der Waals surface area contributed by atoms with Gasteiger partial charge in [0.05, 0.1) is 11.1 Å². The third kappa shape index (κ3) is 1.98. The van der Waals surface area contributed by atoms with E-state index in [0.717, 1.165) is 5.39 Å². The van der Waals surface area contributed by atoms with Crippen LogP contribution >= 0.6 is 11.6 Å². The van der Waals surface area contributed by atoms with Crippen molar-refractivity contribution in [2.45, 2.75) is 37.3 Å². The van der Waals surface area contributed by atoms with Gasteiger partial charge < -0.3 is 9.73 Å². The van der Waals surface area contributed by atoms with E-state index < -0.39 is 0 Å². The van der Waals surface area contributed by atoms with Crippen molar-refractivity contribution in [2.75, 3.05) is 13.1 Å². The molecular weight excluding hydrogens is 312 g/mol. The zero-order valence-corrected chi connectivity index (χ0v) is 13.6. The summed E-state index contributed by atoms with van der Waals surface area (Å²) in [6, 6.07) is 7.62. The summed E-state index contributed by atoms with van der Waals surface area (Å²) in [7, 11) is 0. The van der Waals surface area contributed by atoms with E-state index in [9.17, 15) is 4.79 Å². The van der Waals surface area contributed by atoms with Crippen LogP contribution in [0.4, 0.5) is 0 Å². The van der Waals surface area contributed by atoms with Gasteiger partial charge in [0.15, 0.2) is 11.3 Å². The normalized spacial score (nSPS) is 30.7. The Kier molecular flexibility index (Phi) is 2.86. The molecule has 23 heavy (non-hydrogen) atoms. The third-order valence-electron chi connectivity index (χ3n) is 5.99. The number of carbonyl (C=O) groups excluding carboxylic acids is 1. The van der Waals surface area contributed by atoms with Gasteiger partial charge in [0.2, 0.25) is 0 Å². The molecule has 3 aliphatic heterocycles. The highest BCUT2D eigenvalue weighted by Crippen LogP contribution is 2.53. The smallest absolute Gasteiger partial charge is 0.287 e. The van der Waals surface area contributed by atoms with E-state index in [4.69, 9.17) is 16.0 Å². The number of amides is 1. The number of rotatable bonds is 2. The van der Waals surface area contributed by atoms with Crippen molar-refractivity contribution in [1.29, 1.82) is 0 Å². The molecule has 120 valence electrons. The van der Waals surface area contributed by atoms with Crippen LogP contribution in [0.5, 0.6) is 0 Å². The predicted octanol–water partition coefficient (Wildman–Crippen LogP) is 3.44. The number of piperidine rings is 3. The first kappa shape index (κ1) is 13.9. The number of benzene rings is 1. The van der Waals surface area contributed by atoms with Crippen LogP contribution in [0.1, 0.15) is 36.2 Å². The molecule has 1 spiro atoms. The van der Waals surface area contributed by atoms with Gasteiger partial charge in [-0.05, 0) is 56.8 Å². The molecule has 1 amide bonds. The fourth-order valence-electron chi connectivity index (χ4n) is 4.67. The van der Waals surface area contributed by atoms with Crippen molar-refractivity contribution < 1.29 is 9.21 Å². The number of furan rings is 1. The van der Waals surface area contributed by atoms with E-state index in [2.05, 4.69) is 10.2 Å². The molecule has 1 aliphatic carbocycles. The quantitative estimate of drug-likeness (QED) is 0.917. The third-order valence-corrected chi connectivity index (χ3v) is 6.29. The lowest BCUT2D eigenvalue weighted by molar-refractivity contribution is -0.00182. The van der Waals surface area contributed by atoms with Crippen molar-refractivity contribution in [3.8, 4) is 0 Å². The number of hydrogen-bond acceptors (Lipinski definition) is 3. The van der Waals surface area contributed by atoms with Crippen LogP contribution in [0.2, 0.25) is 5.02 Å². The first-order chi connectivity index (χ1) is 11.2. The Balaban J connectivity index is 1.43. The van der Waals surface area contributed by atoms with E-state index >= 15 is 0 Å². The Bertz CT molecular complexity index is 787. The van der Waals surface area contributed by atoms with Gasteiger partial charge in [-0.2, -0.15) is 0 Å². The largest absolute Gasteiger partial charge is 0.449 e. The predicted molar refractivity (Wildman–Crippen MR) is 88.7 cm³/mol. The van der Waals surface area contributed by atoms with Crippen molar-refractivity contribution in [3.63, 3.8) is 0 Å². The summed E-state index contributed by atoms with van der Waals surface area (Å²) in [4.78, 5) is 15.3. The summed E-state index contributed by atoms with van der Waals surface area (Å²) in [6.07, 6.45) is 4.80. The maximum Gasteiger partial charge on any atom is 0.287 e. The molecule has 1 aromatic carbocycles. The molecule has 2 aromatic rings. The second kappa shape index (κ2) is 4.74. The minimum atomic E-state index is -0.109. The van der Waals surface area contributed by atoms with Gasteiger partial charge in [-0.3, -0.25) is 9.69 Å². The number of fused-ring (bicyclic) bond motifs is 3. The van der Waals surface area contributed by atoms with Crippen LogP contribution in [-0.4, -0.2) is 35.5 Å². The summed E-state index contributed by atoms with van der Waals surface area (Å²) in [5.74, 6) is 0.863. The van der Waals surface area contributed by atoms with Gasteiger partial charge >= 0.3 is 0 Å². The molecule has 6 rings (SSSR count). The van der Waals surface area contributed by atoms with Crippen LogP contribution in [-0.2, 0) is 0 Å². The van der Waals surface area contributed by atoms with E-state index in [0.29, 0.717) is 22.3 Å². The fraction of sp³-hybridized carbons (Fsp3) is 0.500. The lowest BCUT2D eigenvalue weighted by Gasteiger charge is -2.52. The summed E-state index contributed by atoms with van der Waals surface area (Å²) < 4.78 is 5.71. The number of nitrogens with zero attached hydrogens (tertiary/aromatic N) is 1. The molecule has 1 N–H and O–H groups in total. The molecular formula is C18H19ClN2O2. The minimum absolute atomic E-state index is 0.109. The molecule has 4 aliphatic rings. The molecule has 2 bridgehead atoms. The van der Waals surface area contributed by atoms with Crippen LogP contribution < -0.4 is 5.32 Å². The van der Waals surface area contributed by atoms with Gasteiger partial charge in [0.1, 0.15) is 0 Å². The average Bonchev–Trinajstić information content (AvgIpc) is 3.21. The number of halogens is 1. The first-order valence-electron chi connectivity index (χ1n) is 8.41. The van der Waals surface area contributed by atoms with Crippen LogP contribution in [0.3, 0.4) is 0 Å². The minimum Gasteiger partial charge on any atom is -0.449 e. The summed E-state index contributed by atoms with van der Waals surface area (Å²) in [6.45, 7) is 2.38. The van der Waals surface area contributed by atoms with E-state index in [-0.39, 0.29) is 17.5 Å². The molecule has 4 nitrogen and oxygen atoms in total. The summed E-state index contributed by atoms with van der Waals surface area (Å²) in [5, 5.41) is 4.70. The SMILES string of the molecule is O=C(NC1C2CCN(CC2)C12CC2)c1cc2cccc(Cl)c2o1. The highest BCUT2D eigenvalue weighted by atomic mass is 35.5. The van der Waals surface area contributed by atoms with Gasteiger partial charge in [-0.1, -0.05) is 23.7 Å². The zero-order chi connectivity index (χ0) is 15.6. The van der Waals surface area contributed by atoms with Gasteiger partial charge in [0, 0.05) is 10.9 Å². The average molecular weight is 331 g/mol. The van der Waals surface area contributed by atoms with Crippen LogP contribution in [0.15, 0.2) is 28.7 Å². The van der Waals surface area contributed by atoms with Crippen LogP contribution in [0, 0.1) is 5.92 Å². The molecule has 4 heterocycles. The maximum absolute atomic E-state index is 12.7. The highest BCUT2D eigenvalue weighted by Gasteiger charge is 2.60. The van der Waals surface area contributed by atoms with Crippen molar-refractivity contribution in [1.82, 2.24) is 10.2 Å². The van der Waals surface area contributed by atoms with Gasteiger partial charge in [-0.25, -0.2) is 0 Å². The molecule has 0 radical (unpaired) electrons. The molecule has 3 saturated heterocycles. The molecule has 1 aromatic heterocycles. The summed E-state index contributed by atoms with van der Waals surface area (Å²) >= 11 is 6.14. The fourth-order valence-corrected chi connectivity index (χ4v) is 4.89. The highest BCUT2D eigenvalue weighted by molar-refractivity contribution is 6.34. The Labute approximate surface area is 139 Å². The second-order valence-corrected chi connectivity index (χ2v) is 7.56. The second-order valence-electron chi connectivity index (χ2n) is 7.15. The zero-order valence-electron chi connectivity index (χ0n) is 12.8. The Hall–Kier alpha value is -1.52. The van der Waals surface area contributed by atoms with Gasteiger partial charge in [0.25, 0.3) is 5.91 Å². The van der Waals surface area contributed by atoms with Crippen molar-refractivity contribution >= 4 is 28.5 Å². The van der Waals surface area contributed by atoms with E-state index in [1.54, 1.807) is 12.1 Å². The Morgan fingerprint density at radius 1 is 1.30 bits per heavy atom. The molecule has 5 heteroatoms. The Morgan fingerprint density at radius 2 is 2.09 bits per heavy atom. The van der Waals surface area contributed by atoms with Crippen molar-refractivity contribution in [2.24, 2.45) is 5.92 Å². The van der Waals surface area contributed by atoms with Gasteiger partial charge in [-0.15, -0.1) is 0 Å². The first-order valence-corrected chi connectivity index (χ1v) is 8.79. The summed E-state index contributed by atoms with van der Waals surface area (Å²) in [5.41, 5.74) is 0.829. The molecule has 4 fully saturated rings. The number of para-hydroxylation sites is 1. The lowest BCUT2D eigenvalue weighted by Crippen LogP contribution is -2.65. The maximum atomic E-state index is 12.7. The Morgan fingerprint density at radius 3 is 2.78 bits per heavy atom. The van der Waals surface area contributed by atoms with Crippen LogP contribution in [0.25, 0.3) is 11.0 Å². The number of carbonyl (C=O) groups is 1. The topological polar surface area (TPSA) is 45.5 Å². The molecule has 1 saturated carbocycles. The lowest BCUT2D eigenvalue weighted by atomic mass is 9.77. The standard InChI is InChI=1S/C18H19ClN2O2/c19-13-3-1-2-12-10-14(23-15(12)13)17(22)20-16-11-4-8-21(9-5-11)18(16)6-7-18/h1-3,10-11,16H,4-9H2,(H,20,22). The van der Waals surface area contributed by atoms with Crippen molar-refractivity contribution in [3.05, 3.63) is 35.0 Å².